The molecule has 10 heteroatoms. The number of nitrogens with two attached hydrogens (primary N) is 1. The summed E-state index contributed by atoms with van der Waals surface area (Å²) in [7, 11) is 4.71. The Balaban J connectivity index is 1.71. The minimum Gasteiger partial charge on any atom is -0.497 e. The third kappa shape index (κ3) is 3.53. The number of nitrogen functional groups attached to an aromatic ring is 1. The average Bonchev–Trinajstić information content (AvgIpc) is 3.40. The van der Waals surface area contributed by atoms with Crippen LogP contribution in [-0.2, 0) is 0 Å². The molecule has 4 rings (SSSR count). The number of methoxy groups -OCH3 is 3. The maximum atomic E-state index is 6.36. The molecule has 8 nitrogen and oxygen atoms in total. The number of hydrogen-bond acceptors (Lipinski definition) is 8. The van der Waals surface area contributed by atoms with E-state index in [0.29, 0.717) is 38.7 Å². The number of thiazole rings is 1. The topological polar surface area (TPSA) is 97.3 Å². The first-order valence-electron chi connectivity index (χ1n) is 8.79. The average molecular weight is 444 g/mol. The summed E-state index contributed by atoms with van der Waals surface area (Å²) in [5.41, 5.74) is 9.17. The highest BCUT2D eigenvalue weighted by Crippen LogP contribution is 2.37. The summed E-state index contributed by atoms with van der Waals surface area (Å²) in [5.74, 6) is 2.09. The lowest BCUT2D eigenvalue weighted by Gasteiger charge is -2.12. The summed E-state index contributed by atoms with van der Waals surface area (Å²) in [6.45, 7) is 0. The van der Waals surface area contributed by atoms with E-state index in [9.17, 15) is 0 Å². The van der Waals surface area contributed by atoms with E-state index in [4.69, 9.17) is 31.5 Å². The van der Waals surface area contributed by atoms with E-state index in [1.807, 2.05) is 29.6 Å². The lowest BCUT2D eigenvalue weighted by Crippen LogP contribution is -2.05. The summed E-state index contributed by atoms with van der Waals surface area (Å²) in [4.78, 5) is 4.67. The summed E-state index contributed by atoms with van der Waals surface area (Å²) in [5, 5.41) is 11.4. The van der Waals surface area contributed by atoms with Crippen LogP contribution in [0.3, 0.4) is 0 Å². The molecule has 0 spiro atoms. The zero-order valence-corrected chi connectivity index (χ0v) is 18.0. The molecule has 2 N–H and O–H groups in total. The number of rotatable bonds is 6. The highest BCUT2D eigenvalue weighted by molar-refractivity contribution is 7.13. The Morgan fingerprint density at radius 1 is 1.00 bits per heavy atom. The minimum absolute atomic E-state index is 0.324. The van der Waals surface area contributed by atoms with Gasteiger partial charge in [-0.05, 0) is 30.3 Å². The zero-order chi connectivity index (χ0) is 21.3. The predicted octanol–water partition coefficient (Wildman–Crippen LogP) is 4.32. The van der Waals surface area contributed by atoms with Crippen molar-refractivity contribution in [1.29, 1.82) is 0 Å². The molecule has 30 heavy (non-hydrogen) atoms. The second-order valence-electron chi connectivity index (χ2n) is 6.16. The first kappa shape index (κ1) is 20.0. The molecule has 0 atom stereocenters. The molecule has 0 radical (unpaired) electrons. The van der Waals surface area contributed by atoms with Crippen LogP contribution in [0.4, 0.5) is 5.82 Å². The van der Waals surface area contributed by atoms with Gasteiger partial charge >= 0.3 is 0 Å². The van der Waals surface area contributed by atoms with Gasteiger partial charge in [0.2, 0.25) is 0 Å². The van der Waals surface area contributed by atoms with Crippen LogP contribution < -0.4 is 19.9 Å². The molecule has 2 aromatic carbocycles. The van der Waals surface area contributed by atoms with E-state index >= 15 is 0 Å². The molecule has 0 aliphatic rings. The molecular weight excluding hydrogens is 426 g/mol. The number of aromatic nitrogens is 4. The smallest absolute Gasteiger partial charge is 0.165 e. The first-order valence-corrected chi connectivity index (χ1v) is 10.0. The predicted molar refractivity (Wildman–Crippen MR) is 117 cm³/mol. The minimum atomic E-state index is 0.324. The second-order valence-corrected chi connectivity index (χ2v) is 7.43. The van der Waals surface area contributed by atoms with Crippen molar-refractivity contribution in [2.75, 3.05) is 27.1 Å². The normalized spacial score (nSPS) is 10.8. The van der Waals surface area contributed by atoms with Gasteiger partial charge in [0.1, 0.15) is 27.9 Å². The summed E-state index contributed by atoms with van der Waals surface area (Å²) >= 11 is 7.71. The Kier molecular flexibility index (Phi) is 5.47. The molecule has 0 fully saturated rings. The number of nitrogens with zero attached hydrogens (tertiary/aromatic N) is 4. The van der Waals surface area contributed by atoms with Crippen LogP contribution >= 0.6 is 22.9 Å². The first-order chi connectivity index (χ1) is 14.5. The Morgan fingerprint density at radius 2 is 1.73 bits per heavy atom. The molecule has 2 aromatic heterocycles. The van der Waals surface area contributed by atoms with Gasteiger partial charge in [-0.15, -0.1) is 16.4 Å². The quantitative estimate of drug-likeness (QED) is 0.474. The van der Waals surface area contributed by atoms with Crippen LogP contribution in [-0.4, -0.2) is 41.3 Å². The van der Waals surface area contributed by atoms with Gasteiger partial charge in [-0.1, -0.05) is 16.8 Å². The number of halogens is 1. The lowest BCUT2D eigenvalue weighted by molar-refractivity contribution is 0.392. The monoisotopic (exact) mass is 443 g/mol. The Labute approximate surface area is 181 Å². The fraction of sp³-hybridized carbons (Fsp3) is 0.150. The van der Waals surface area contributed by atoms with Crippen LogP contribution in [0, 0.1) is 0 Å². The third-order valence-corrected chi connectivity index (χ3v) is 5.62. The van der Waals surface area contributed by atoms with Crippen LogP contribution in [0.5, 0.6) is 17.2 Å². The summed E-state index contributed by atoms with van der Waals surface area (Å²) < 4.78 is 17.3. The Hall–Kier alpha value is -3.30. The van der Waals surface area contributed by atoms with Gasteiger partial charge in [0.15, 0.2) is 11.5 Å². The fourth-order valence-corrected chi connectivity index (χ4v) is 3.96. The van der Waals surface area contributed by atoms with Gasteiger partial charge in [0.25, 0.3) is 0 Å². The molecule has 0 aliphatic heterocycles. The van der Waals surface area contributed by atoms with Crippen molar-refractivity contribution >= 4 is 28.8 Å². The molecule has 0 aliphatic carbocycles. The van der Waals surface area contributed by atoms with Crippen LogP contribution in [0.15, 0.2) is 41.8 Å². The molecule has 0 amide bonds. The third-order valence-electron chi connectivity index (χ3n) is 4.48. The largest absolute Gasteiger partial charge is 0.497 e. The van der Waals surface area contributed by atoms with Crippen LogP contribution in [0.25, 0.3) is 27.6 Å². The van der Waals surface area contributed by atoms with Crippen LogP contribution in [0.2, 0.25) is 5.02 Å². The maximum absolute atomic E-state index is 6.36. The number of anilines is 1. The van der Waals surface area contributed by atoms with Crippen molar-refractivity contribution in [3.63, 3.8) is 0 Å². The van der Waals surface area contributed by atoms with E-state index < -0.39 is 0 Å². The highest BCUT2D eigenvalue weighted by Gasteiger charge is 2.20. The van der Waals surface area contributed by atoms with Gasteiger partial charge in [-0.3, -0.25) is 0 Å². The number of ether oxygens (including phenoxy) is 3. The molecule has 0 unspecified atom stereocenters. The second kappa shape index (κ2) is 8.21. The van der Waals surface area contributed by atoms with Gasteiger partial charge in [-0.25, -0.2) is 4.98 Å². The van der Waals surface area contributed by atoms with Gasteiger partial charge in [0, 0.05) is 17.0 Å². The Morgan fingerprint density at radius 3 is 2.40 bits per heavy atom. The SMILES string of the molecule is COc1ccc(-c2csc(-c3nnn(-c4cc(Cl)c(OC)cc4OC)c3N)n2)cc1. The van der Waals surface area contributed by atoms with Crippen molar-refractivity contribution in [3.8, 4) is 44.9 Å². The summed E-state index contributed by atoms with van der Waals surface area (Å²) in [6, 6.07) is 11.0. The van der Waals surface area contributed by atoms with Crippen molar-refractivity contribution < 1.29 is 14.2 Å². The molecule has 154 valence electrons. The fourth-order valence-electron chi connectivity index (χ4n) is 2.91. The summed E-state index contributed by atoms with van der Waals surface area (Å²) in [6.07, 6.45) is 0. The Bertz CT molecular complexity index is 1190. The number of hydrogen-bond donors (Lipinski definition) is 1. The molecule has 0 saturated heterocycles. The van der Waals surface area contributed by atoms with E-state index in [2.05, 4.69) is 15.3 Å². The molecular formula is C20H18ClN5O3S. The highest BCUT2D eigenvalue weighted by atomic mass is 35.5. The zero-order valence-electron chi connectivity index (χ0n) is 16.4. The van der Waals surface area contributed by atoms with Gasteiger partial charge < -0.3 is 19.9 Å². The van der Waals surface area contributed by atoms with Gasteiger partial charge in [-0.2, -0.15) is 4.68 Å². The van der Waals surface area contributed by atoms with Crippen molar-refractivity contribution in [2.24, 2.45) is 0 Å². The number of benzene rings is 2. The maximum Gasteiger partial charge on any atom is 0.165 e. The van der Waals surface area contributed by atoms with Crippen molar-refractivity contribution in [3.05, 3.63) is 46.8 Å². The van der Waals surface area contributed by atoms with E-state index in [1.165, 1.54) is 23.1 Å². The van der Waals surface area contributed by atoms with Crippen molar-refractivity contribution in [1.82, 2.24) is 20.0 Å². The molecule has 2 heterocycles. The van der Waals surface area contributed by atoms with Gasteiger partial charge in [0.05, 0.1) is 32.0 Å². The van der Waals surface area contributed by atoms with E-state index in [0.717, 1.165) is 17.0 Å². The van der Waals surface area contributed by atoms with E-state index in [-0.39, 0.29) is 0 Å². The lowest BCUT2D eigenvalue weighted by atomic mass is 10.2. The standard InChI is InChI=1S/C20H18ClN5O3S/c1-27-12-6-4-11(5-7-12)14-10-30-20(23-14)18-19(22)26(25-24-18)15-8-13(21)16(28-2)9-17(15)29-3/h4-10H,22H2,1-3H3. The van der Waals surface area contributed by atoms with Crippen molar-refractivity contribution in [2.45, 2.75) is 0 Å². The molecule has 0 bridgehead atoms. The van der Waals surface area contributed by atoms with Crippen LogP contribution in [0.1, 0.15) is 0 Å². The molecule has 0 saturated carbocycles. The molecule has 4 aromatic rings. The van der Waals surface area contributed by atoms with E-state index in [1.54, 1.807) is 26.4 Å².